The number of hydrogen-bond donors (Lipinski definition) is 1. The zero-order chi connectivity index (χ0) is 14.5. The summed E-state index contributed by atoms with van der Waals surface area (Å²) in [5.74, 6) is 0.0297. The van der Waals surface area contributed by atoms with E-state index in [0.717, 1.165) is 43.9 Å². The number of morpholine rings is 1. The number of oxazole rings is 1. The molecule has 6 nitrogen and oxygen atoms in total. The van der Waals surface area contributed by atoms with E-state index in [1.807, 2.05) is 18.2 Å². The van der Waals surface area contributed by atoms with Crippen LogP contribution in [0.2, 0.25) is 0 Å². The number of carbonyl (C=O) groups excluding carboxylic acids is 1. The molecule has 112 valence electrons. The minimum absolute atomic E-state index is 0.0297. The average molecular weight is 289 g/mol. The largest absolute Gasteiger partial charge is 0.443 e. The lowest BCUT2D eigenvalue weighted by Crippen LogP contribution is -2.41. The summed E-state index contributed by atoms with van der Waals surface area (Å²) in [6.07, 6.45) is 1.77. The first-order valence-electron chi connectivity index (χ1n) is 7.20. The summed E-state index contributed by atoms with van der Waals surface area (Å²) in [6.45, 7) is 4.99. The monoisotopic (exact) mass is 289 g/mol. The van der Waals surface area contributed by atoms with Gasteiger partial charge in [0, 0.05) is 26.2 Å². The van der Waals surface area contributed by atoms with E-state index in [9.17, 15) is 4.79 Å². The summed E-state index contributed by atoms with van der Waals surface area (Å²) in [5, 5.41) is 2.95. The molecule has 1 fully saturated rings. The topological polar surface area (TPSA) is 67.6 Å². The summed E-state index contributed by atoms with van der Waals surface area (Å²) < 4.78 is 10.5. The van der Waals surface area contributed by atoms with Crippen LogP contribution in [0.5, 0.6) is 0 Å². The van der Waals surface area contributed by atoms with E-state index in [4.69, 9.17) is 9.15 Å². The van der Waals surface area contributed by atoms with E-state index in [2.05, 4.69) is 15.2 Å². The number of benzene rings is 1. The average Bonchev–Trinajstić information content (AvgIpc) is 2.96. The van der Waals surface area contributed by atoms with Crippen molar-refractivity contribution >= 4 is 17.0 Å². The smallest absolute Gasteiger partial charge is 0.224 e. The maximum atomic E-state index is 11.9. The zero-order valence-corrected chi connectivity index (χ0v) is 11.9. The lowest BCUT2D eigenvalue weighted by Gasteiger charge is -2.26. The van der Waals surface area contributed by atoms with Crippen molar-refractivity contribution in [3.63, 3.8) is 0 Å². The van der Waals surface area contributed by atoms with Crippen LogP contribution in [0.25, 0.3) is 11.1 Å². The van der Waals surface area contributed by atoms with Crippen molar-refractivity contribution in [2.24, 2.45) is 0 Å². The standard InChI is InChI=1S/C15H19N3O3/c19-15(16-3-4-18-5-7-20-8-6-18)10-12-1-2-13-14(9-12)21-11-17-13/h1-2,9,11H,3-8,10H2,(H,16,19). The summed E-state index contributed by atoms with van der Waals surface area (Å²) in [5.41, 5.74) is 2.46. The number of hydrogen-bond acceptors (Lipinski definition) is 5. The van der Waals surface area contributed by atoms with E-state index >= 15 is 0 Å². The van der Waals surface area contributed by atoms with Crippen molar-refractivity contribution in [1.82, 2.24) is 15.2 Å². The molecular weight excluding hydrogens is 270 g/mol. The summed E-state index contributed by atoms with van der Waals surface area (Å²) >= 11 is 0. The van der Waals surface area contributed by atoms with Gasteiger partial charge in [-0.1, -0.05) is 6.07 Å². The molecule has 0 spiro atoms. The third kappa shape index (κ3) is 3.80. The molecule has 1 aromatic heterocycles. The van der Waals surface area contributed by atoms with Crippen LogP contribution in [0, 0.1) is 0 Å². The molecule has 1 aliphatic heterocycles. The maximum Gasteiger partial charge on any atom is 0.224 e. The molecular formula is C15H19N3O3. The second kappa shape index (κ2) is 6.69. The number of carbonyl (C=O) groups is 1. The highest BCUT2D eigenvalue weighted by molar-refractivity contribution is 5.80. The molecule has 0 atom stereocenters. The van der Waals surface area contributed by atoms with Crippen LogP contribution in [0.4, 0.5) is 0 Å². The molecule has 6 heteroatoms. The molecule has 1 aromatic carbocycles. The Kier molecular flexibility index (Phi) is 4.47. The van der Waals surface area contributed by atoms with Crippen molar-refractivity contribution in [3.05, 3.63) is 30.2 Å². The summed E-state index contributed by atoms with van der Waals surface area (Å²) in [6, 6.07) is 5.64. The van der Waals surface area contributed by atoms with E-state index in [1.54, 1.807) is 0 Å². The van der Waals surface area contributed by atoms with E-state index in [0.29, 0.717) is 18.5 Å². The Hall–Kier alpha value is -1.92. The lowest BCUT2D eigenvalue weighted by atomic mass is 10.1. The normalized spacial score (nSPS) is 16.2. The zero-order valence-electron chi connectivity index (χ0n) is 11.9. The lowest BCUT2D eigenvalue weighted by molar-refractivity contribution is -0.120. The molecule has 1 saturated heterocycles. The first-order valence-corrected chi connectivity index (χ1v) is 7.20. The van der Waals surface area contributed by atoms with Crippen LogP contribution in [-0.2, 0) is 16.0 Å². The molecule has 0 unspecified atom stereocenters. The molecule has 1 aliphatic rings. The fourth-order valence-corrected chi connectivity index (χ4v) is 2.44. The third-order valence-electron chi connectivity index (χ3n) is 3.61. The van der Waals surface area contributed by atoms with Crippen molar-refractivity contribution in [2.45, 2.75) is 6.42 Å². The molecule has 0 bridgehead atoms. The number of nitrogens with zero attached hydrogens (tertiary/aromatic N) is 2. The van der Waals surface area contributed by atoms with Gasteiger partial charge in [0.05, 0.1) is 19.6 Å². The van der Waals surface area contributed by atoms with Gasteiger partial charge in [-0.05, 0) is 17.7 Å². The minimum Gasteiger partial charge on any atom is -0.443 e. The highest BCUT2D eigenvalue weighted by atomic mass is 16.5. The summed E-state index contributed by atoms with van der Waals surface area (Å²) in [7, 11) is 0. The maximum absolute atomic E-state index is 11.9. The van der Waals surface area contributed by atoms with Crippen LogP contribution in [0.15, 0.2) is 29.0 Å². The van der Waals surface area contributed by atoms with Gasteiger partial charge in [0.2, 0.25) is 5.91 Å². The van der Waals surface area contributed by atoms with E-state index in [-0.39, 0.29) is 5.91 Å². The second-order valence-corrected chi connectivity index (χ2v) is 5.14. The van der Waals surface area contributed by atoms with Gasteiger partial charge >= 0.3 is 0 Å². The number of nitrogens with one attached hydrogen (secondary N) is 1. The van der Waals surface area contributed by atoms with Crippen molar-refractivity contribution in [1.29, 1.82) is 0 Å². The van der Waals surface area contributed by atoms with Crippen LogP contribution in [-0.4, -0.2) is 55.2 Å². The Balaban J connectivity index is 1.44. The Morgan fingerprint density at radius 2 is 2.19 bits per heavy atom. The first-order chi connectivity index (χ1) is 10.3. The molecule has 0 radical (unpaired) electrons. The minimum atomic E-state index is 0.0297. The van der Waals surface area contributed by atoms with Gasteiger partial charge in [-0.2, -0.15) is 0 Å². The predicted molar refractivity (Wildman–Crippen MR) is 78.0 cm³/mol. The fourth-order valence-electron chi connectivity index (χ4n) is 2.44. The third-order valence-corrected chi connectivity index (χ3v) is 3.61. The second-order valence-electron chi connectivity index (χ2n) is 5.14. The quantitative estimate of drug-likeness (QED) is 0.882. The van der Waals surface area contributed by atoms with E-state index < -0.39 is 0 Å². The van der Waals surface area contributed by atoms with Crippen LogP contribution < -0.4 is 5.32 Å². The van der Waals surface area contributed by atoms with Crippen molar-refractivity contribution < 1.29 is 13.9 Å². The number of aromatic nitrogens is 1. The summed E-state index contributed by atoms with van der Waals surface area (Å²) in [4.78, 5) is 18.3. The Labute approximate surface area is 123 Å². The Bertz CT molecular complexity index is 605. The predicted octanol–water partition coefficient (Wildman–Crippen LogP) is 0.819. The van der Waals surface area contributed by atoms with Gasteiger partial charge in [0.1, 0.15) is 5.52 Å². The van der Waals surface area contributed by atoms with Crippen LogP contribution in [0.3, 0.4) is 0 Å². The number of rotatable bonds is 5. The molecule has 21 heavy (non-hydrogen) atoms. The van der Waals surface area contributed by atoms with Gasteiger partial charge in [-0.3, -0.25) is 9.69 Å². The molecule has 0 saturated carbocycles. The highest BCUT2D eigenvalue weighted by Gasteiger charge is 2.10. The SMILES string of the molecule is O=C(Cc1ccc2ncoc2c1)NCCN1CCOCC1. The molecule has 1 amide bonds. The first kappa shape index (κ1) is 14.0. The van der Waals surface area contributed by atoms with Gasteiger partial charge in [0.15, 0.2) is 12.0 Å². The molecule has 3 rings (SSSR count). The van der Waals surface area contributed by atoms with Gasteiger partial charge in [-0.15, -0.1) is 0 Å². The molecule has 2 aromatic rings. The van der Waals surface area contributed by atoms with Gasteiger partial charge < -0.3 is 14.5 Å². The Morgan fingerprint density at radius 1 is 1.33 bits per heavy atom. The van der Waals surface area contributed by atoms with Crippen molar-refractivity contribution in [3.8, 4) is 0 Å². The number of fused-ring (bicyclic) bond motifs is 1. The van der Waals surface area contributed by atoms with Gasteiger partial charge in [0.25, 0.3) is 0 Å². The Morgan fingerprint density at radius 3 is 3.05 bits per heavy atom. The number of amides is 1. The van der Waals surface area contributed by atoms with Gasteiger partial charge in [-0.25, -0.2) is 4.98 Å². The highest BCUT2D eigenvalue weighted by Crippen LogP contribution is 2.14. The molecule has 2 heterocycles. The fraction of sp³-hybridized carbons (Fsp3) is 0.467. The van der Waals surface area contributed by atoms with Crippen LogP contribution >= 0.6 is 0 Å². The van der Waals surface area contributed by atoms with Crippen LogP contribution in [0.1, 0.15) is 5.56 Å². The molecule has 0 aliphatic carbocycles. The van der Waals surface area contributed by atoms with Crippen molar-refractivity contribution in [2.75, 3.05) is 39.4 Å². The number of ether oxygens (including phenoxy) is 1. The van der Waals surface area contributed by atoms with E-state index in [1.165, 1.54) is 6.39 Å². The molecule has 1 N–H and O–H groups in total.